The smallest absolute Gasteiger partial charge is 0.410 e. The van der Waals surface area contributed by atoms with Crippen LogP contribution in [0, 0.1) is 30.0 Å². The number of benzene rings is 1. The van der Waals surface area contributed by atoms with Gasteiger partial charge >= 0.3 is 6.09 Å². The zero-order valence-corrected chi connectivity index (χ0v) is 16.3. The summed E-state index contributed by atoms with van der Waals surface area (Å²) in [5, 5.41) is 13.0. The Bertz CT molecular complexity index is 970. The van der Waals surface area contributed by atoms with Crippen LogP contribution in [0.1, 0.15) is 36.8 Å². The number of rotatable bonds is 2. The molecule has 1 aromatic carbocycles. The molecule has 0 bridgehead atoms. The molecule has 1 aliphatic heterocycles. The maximum absolute atomic E-state index is 13.6. The highest BCUT2D eigenvalue weighted by Gasteiger charge is 2.38. The standard InChI is InChI=1S/C20H23FN4O3/c1-11-5-13(21)6-15-14(11)7-16(23-15)18(26)24-17-10-25(9-12(17)8-22)19(27)28-20(2,3)4/h5-7,12,17,23H,9-10H2,1-4H3,(H,24,26)/t12-,17-/m1/s1. The number of carbonyl (C=O) groups excluding carboxylic acids is 2. The van der Waals surface area contributed by atoms with Gasteiger partial charge in [0.25, 0.3) is 5.91 Å². The van der Waals surface area contributed by atoms with Gasteiger partial charge in [-0.25, -0.2) is 9.18 Å². The van der Waals surface area contributed by atoms with Crippen molar-refractivity contribution in [3.05, 3.63) is 35.3 Å². The fourth-order valence-electron chi connectivity index (χ4n) is 3.30. The molecule has 0 aliphatic carbocycles. The van der Waals surface area contributed by atoms with E-state index in [0.717, 1.165) is 10.9 Å². The maximum Gasteiger partial charge on any atom is 0.410 e. The van der Waals surface area contributed by atoms with E-state index in [-0.39, 0.29) is 24.6 Å². The Morgan fingerprint density at radius 3 is 2.68 bits per heavy atom. The lowest BCUT2D eigenvalue weighted by Crippen LogP contribution is -2.41. The first-order valence-corrected chi connectivity index (χ1v) is 9.04. The molecule has 7 nitrogen and oxygen atoms in total. The average molecular weight is 386 g/mol. The average Bonchev–Trinajstić information content (AvgIpc) is 3.17. The molecular weight excluding hydrogens is 363 g/mol. The van der Waals surface area contributed by atoms with Gasteiger partial charge in [-0.1, -0.05) is 0 Å². The number of ether oxygens (including phenoxy) is 1. The lowest BCUT2D eigenvalue weighted by Gasteiger charge is -2.24. The van der Waals surface area contributed by atoms with Crippen LogP contribution in [0.4, 0.5) is 9.18 Å². The zero-order chi connectivity index (χ0) is 20.6. The van der Waals surface area contributed by atoms with Gasteiger partial charge in [0.15, 0.2) is 0 Å². The zero-order valence-electron chi connectivity index (χ0n) is 16.3. The number of likely N-dealkylation sites (tertiary alicyclic amines) is 1. The second-order valence-electron chi connectivity index (χ2n) is 8.07. The van der Waals surface area contributed by atoms with Crippen LogP contribution >= 0.6 is 0 Å². The Morgan fingerprint density at radius 1 is 1.32 bits per heavy atom. The van der Waals surface area contributed by atoms with Crippen molar-refractivity contribution in [2.24, 2.45) is 5.92 Å². The quantitative estimate of drug-likeness (QED) is 0.829. The molecule has 2 N–H and O–H groups in total. The predicted octanol–water partition coefficient (Wildman–Crippen LogP) is 3.10. The van der Waals surface area contributed by atoms with Crippen molar-refractivity contribution in [2.75, 3.05) is 13.1 Å². The molecule has 2 heterocycles. The van der Waals surface area contributed by atoms with Gasteiger partial charge in [-0.3, -0.25) is 4.79 Å². The maximum atomic E-state index is 13.6. The van der Waals surface area contributed by atoms with Crippen LogP contribution in [0.15, 0.2) is 18.2 Å². The molecule has 148 valence electrons. The van der Waals surface area contributed by atoms with Gasteiger partial charge < -0.3 is 19.9 Å². The van der Waals surface area contributed by atoms with E-state index in [0.29, 0.717) is 5.52 Å². The van der Waals surface area contributed by atoms with E-state index >= 15 is 0 Å². The highest BCUT2D eigenvalue weighted by Crippen LogP contribution is 2.23. The number of halogens is 1. The van der Waals surface area contributed by atoms with Gasteiger partial charge in [0.1, 0.15) is 17.1 Å². The topological polar surface area (TPSA) is 98.2 Å². The Balaban J connectivity index is 1.73. The summed E-state index contributed by atoms with van der Waals surface area (Å²) >= 11 is 0. The first-order valence-electron chi connectivity index (χ1n) is 9.04. The van der Waals surface area contributed by atoms with Crippen LogP contribution in [0.3, 0.4) is 0 Å². The van der Waals surface area contributed by atoms with E-state index < -0.39 is 29.6 Å². The number of aromatic nitrogens is 1. The number of hydrogen-bond acceptors (Lipinski definition) is 4. The summed E-state index contributed by atoms with van der Waals surface area (Å²) in [6.45, 7) is 7.44. The first-order chi connectivity index (χ1) is 13.1. The number of nitrogens with one attached hydrogen (secondary N) is 2. The molecule has 1 saturated heterocycles. The highest BCUT2D eigenvalue weighted by molar-refractivity contribution is 5.99. The molecule has 1 aliphatic rings. The van der Waals surface area contributed by atoms with Crippen molar-refractivity contribution < 1.29 is 18.7 Å². The number of H-pyrrole nitrogens is 1. The lowest BCUT2D eigenvalue weighted by atomic mass is 10.1. The molecule has 0 unspecified atom stereocenters. The SMILES string of the molecule is Cc1cc(F)cc2[nH]c(C(=O)N[C@@H]3CN(C(=O)OC(C)(C)C)C[C@H]3C#N)cc12. The summed E-state index contributed by atoms with van der Waals surface area (Å²) in [7, 11) is 0. The van der Waals surface area contributed by atoms with E-state index in [1.165, 1.54) is 17.0 Å². The Labute approximate surface area is 162 Å². The van der Waals surface area contributed by atoms with Crippen LogP contribution in [0.5, 0.6) is 0 Å². The molecule has 2 aromatic rings. The van der Waals surface area contributed by atoms with E-state index in [9.17, 15) is 19.2 Å². The minimum absolute atomic E-state index is 0.187. The molecular formula is C20H23FN4O3. The Morgan fingerprint density at radius 2 is 2.04 bits per heavy atom. The van der Waals surface area contributed by atoms with Gasteiger partial charge in [0.2, 0.25) is 0 Å². The number of nitriles is 1. The van der Waals surface area contributed by atoms with Crippen molar-refractivity contribution >= 4 is 22.9 Å². The number of nitrogens with zero attached hydrogens (tertiary/aromatic N) is 2. The van der Waals surface area contributed by atoms with Crippen molar-refractivity contribution in [2.45, 2.75) is 39.3 Å². The molecule has 3 rings (SSSR count). The summed E-state index contributed by atoms with van der Waals surface area (Å²) in [5.41, 5.74) is 0.882. The minimum Gasteiger partial charge on any atom is -0.444 e. The Hall–Kier alpha value is -3.08. The van der Waals surface area contributed by atoms with Crippen LogP contribution in [-0.4, -0.2) is 46.6 Å². The molecule has 8 heteroatoms. The molecule has 1 fully saturated rings. The van der Waals surface area contributed by atoms with Crippen molar-refractivity contribution in [1.29, 1.82) is 5.26 Å². The number of amides is 2. The Kier molecular flexibility index (Phi) is 5.02. The number of aromatic amines is 1. The van der Waals surface area contributed by atoms with Gasteiger partial charge in [-0.15, -0.1) is 0 Å². The highest BCUT2D eigenvalue weighted by atomic mass is 19.1. The predicted molar refractivity (Wildman–Crippen MR) is 101 cm³/mol. The van der Waals surface area contributed by atoms with Crippen molar-refractivity contribution in [3.63, 3.8) is 0 Å². The third-order valence-corrected chi connectivity index (χ3v) is 4.61. The van der Waals surface area contributed by atoms with Crippen LogP contribution in [0.25, 0.3) is 10.9 Å². The van der Waals surface area contributed by atoms with E-state index in [4.69, 9.17) is 4.74 Å². The van der Waals surface area contributed by atoms with Gasteiger partial charge in [0.05, 0.1) is 18.0 Å². The molecule has 0 spiro atoms. The third-order valence-electron chi connectivity index (χ3n) is 4.61. The normalized spacial score (nSPS) is 19.5. The molecule has 1 aromatic heterocycles. The van der Waals surface area contributed by atoms with Crippen LogP contribution in [-0.2, 0) is 4.74 Å². The number of aryl methyl sites for hydroxylation is 1. The summed E-state index contributed by atoms with van der Waals surface area (Å²) in [5.74, 6) is -1.33. The van der Waals surface area contributed by atoms with Gasteiger partial charge in [-0.05, 0) is 51.5 Å². The summed E-state index contributed by atoms with van der Waals surface area (Å²) < 4.78 is 18.9. The summed E-state index contributed by atoms with van der Waals surface area (Å²) in [6, 6.07) is 6.01. The van der Waals surface area contributed by atoms with Crippen LogP contribution in [0.2, 0.25) is 0 Å². The second-order valence-corrected chi connectivity index (χ2v) is 8.07. The third kappa shape index (κ3) is 4.09. The monoisotopic (exact) mass is 386 g/mol. The molecule has 2 amide bonds. The summed E-state index contributed by atoms with van der Waals surface area (Å²) in [4.78, 5) is 29.2. The first kappa shape index (κ1) is 19.7. The molecule has 28 heavy (non-hydrogen) atoms. The second kappa shape index (κ2) is 7.15. The number of fused-ring (bicyclic) bond motifs is 1. The van der Waals surface area contributed by atoms with Gasteiger partial charge in [-0.2, -0.15) is 5.26 Å². The molecule has 0 saturated carbocycles. The molecule has 0 radical (unpaired) electrons. The van der Waals surface area contributed by atoms with Gasteiger partial charge in [0, 0.05) is 24.0 Å². The van der Waals surface area contributed by atoms with Crippen molar-refractivity contribution in [3.8, 4) is 6.07 Å². The number of hydrogen-bond donors (Lipinski definition) is 2. The fraction of sp³-hybridized carbons (Fsp3) is 0.450. The lowest BCUT2D eigenvalue weighted by molar-refractivity contribution is 0.0287. The fourth-order valence-corrected chi connectivity index (χ4v) is 3.30. The van der Waals surface area contributed by atoms with E-state index in [2.05, 4.69) is 16.4 Å². The minimum atomic E-state index is -0.641. The molecule has 2 atom stereocenters. The van der Waals surface area contributed by atoms with E-state index in [1.807, 2.05) is 0 Å². The largest absolute Gasteiger partial charge is 0.444 e. The number of carbonyl (C=O) groups is 2. The summed E-state index contributed by atoms with van der Waals surface area (Å²) in [6.07, 6.45) is -0.513. The van der Waals surface area contributed by atoms with Crippen LogP contribution < -0.4 is 5.32 Å². The van der Waals surface area contributed by atoms with Crippen molar-refractivity contribution in [1.82, 2.24) is 15.2 Å². The van der Waals surface area contributed by atoms with E-state index in [1.54, 1.807) is 33.8 Å².